The van der Waals surface area contributed by atoms with E-state index >= 15 is 0 Å². The monoisotopic (exact) mass is 340 g/mol. The molecule has 2 aromatic carbocycles. The lowest BCUT2D eigenvalue weighted by Gasteiger charge is -2.29. The van der Waals surface area contributed by atoms with Crippen LogP contribution in [0.3, 0.4) is 0 Å². The second kappa shape index (κ2) is 8.23. The molecule has 26 heavy (non-hydrogen) atoms. The van der Waals surface area contributed by atoms with Gasteiger partial charge in [-0.2, -0.15) is 10.5 Å². The summed E-state index contributed by atoms with van der Waals surface area (Å²) >= 11 is 0. The Morgan fingerprint density at radius 2 is 1.19 bits per heavy atom. The van der Waals surface area contributed by atoms with Crippen LogP contribution in [0, 0.1) is 22.7 Å². The van der Waals surface area contributed by atoms with Gasteiger partial charge in [-0.3, -0.25) is 9.98 Å². The minimum absolute atomic E-state index is 0.511. The fourth-order valence-corrected chi connectivity index (χ4v) is 3.21. The van der Waals surface area contributed by atoms with Crippen molar-refractivity contribution in [2.75, 3.05) is 0 Å². The summed E-state index contributed by atoms with van der Waals surface area (Å²) in [5, 5.41) is 18.5. The third-order valence-electron chi connectivity index (χ3n) is 4.70. The molecule has 0 radical (unpaired) electrons. The van der Waals surface area contributed by atoms with Gasteiger partial charge in [0.1, 0.15) is 5.66 Å². The van der Waals surface area contributed by atoms with Gasteiger partial charge in [0.2, 0.25) is 0 Å². The molecule has 0 amide bonds. The van der Waals surface area contributed by atoms with Gasteiger partial charge in [-0.15, -0.1) is 0 Å². The molecule has 1 aliphatic carbocycles. The van der Waals surface area contributed by atoms with Gasteiger partial charge in [0, 0.05) is 23.6 Å². The molecule has 128 valence electrons. The van der Waals surface area contributed by atoms with E-state index in [0.717, 1.165) is 36.8 Å². The summed E-state index contributed by atoms with van der Waals surface area (Å²) in [6, 6.07) is 19.3. The van der Waals surface area contributed by atoms with Gasteiger partial charge in [0.25, 0.3) is 0 Å². The predicted molar refractivity (Wildman–Crippen MR) is 103 cm³/mol. The molecule has 0 bridgehead atoms. The van der Waals surface area contributed by atoms with E-state index in [1.54, 1.807) is 24.6 Å². The number of hydrogen-bond donors (Lipinski definition) is 0. The lowest BCUT2D eigenvalue weighted by Crippen LogP contribution is -2.27. The highest BCUT2D eigenvalue weighted by atomic mass is 15.1. The molecule has 0 unspecified atom stereocenters. The molecule has 0 spiro atoms. The smallest absolute Gasteiger partial charge is 0.150 e. The molecule has 0 atom stereocenters. The highest BCUT2D eigenvalue weighted by molar-refractivity contribution is 5.85. The van der Waals surface area contributed by atoms with E-state index in [1.807, 2.05) is 36.4 Å². The second-order valence-electron chi connectivity index (χ2n) is 6.46. The quantitative estimate of drug-likeness (QED) is 0.761. The minimum Gasteiger partial charge on any atom is -0.263 e. The normalized spacial score (nSPS) is 16.4. The lowest BCUT2D eigenvalue weighted by molar-refractivity contribution is 0.313. The van der Waals surface area contributed by atoms with Crippen molar-refractivity contribution in [3.8, 4) is 12.1 Å². The maximum atomic E-state index is 9.26. The van der Waals surface area contributed by atoms with Crippen LogP contribution in [0.25, 0.3) is 0 Å². The Morgan fingerprint density at radius 3 is 1.65 bits per heavy atom. The fourth-order valence-electron chi connectivity index (χ4n) is 3.21. The number of nitrogens with zero attached hydrogens (tertiary/aromatic N) is 4. The van der Waals surface area contributed by atoms with Gasteiger partial charge in [-0.25, -0.2) is 0 Å². The van der Waals surface area contributed by atoms with E-state index in [-0.39, 0.29) is 0 Å². The molecule has 1 fully saturated rings. The topological polar surface area (TPSA) is 72.3 Å². The third kappa shape index (κ3) is 4.05. The first kappa shape index (κ1) is 17.6. The molecular formula is C22H20N4. The first-order valence-electron chi connectivity index (χ1n) is 8.85. The van der Waals surface area contributed by atoms with E-state index in [4.69, 9.17) is 9.98 Å². The highest BCUT2D eigenvalue weighted by Crippen LogP contribution is 2.33. The molecule has 0 aromatic heterocycles. The zero-order chi connectivity index (χ0) is 18.2. The van der Waals surface area contributed by atoms with E-state index in [1.165, 1.54) is 6.42 Å². The molecule has 1 aliphatic rings. The number of aliphatic imine (C=N–C) groups is 2. The Hall–Kier alpha value is -3.24. The largest absolute Gasteiger partial charge is 0.263 e. The summed E-state index contributed by atoms with van der Waals surface area (Å²) in [4.78, 5) is 9.61. The molecule has 0 N–H and O–H groups in total. The first-order valence-corrected chi connectivity index (χ1v) is 8.85. The van der Waals surface area contributed by atoms with E-state index in [2.05, 4.69) is 12.1 Å². The van der Waals surface area contributed by atoms with Crippen molar-refractivity contribution in [3.63, 3.8) is 0 Å². The van der Waals surface area contributed by atoms with E-state index in [9.17, 15) is 10.5 Å². The zero-order valence-electron chi connectivity index (χ0n) is 14.6. The maximum absolute atomic E-state index is 9.26. The van der Waals surface area contributed by atoms with Crippen LogP contribution in [-0.4, -0.2) is 18.1 Å². The van der Waals surface area contributed by atoms with Gasteiger partial charge < -0.3 is 0 Å². The molecule has 4 heteroatoms. The van der Waals surface area contributed by atoms with Crippen LogP contribution in [0.2, 0.25) is 0 Å². The predicted octanol–water partition coefficient (Wildman–Crippen LogP) is 4.63. The van der Waals surface area contributed by atoms with Gasteiger partial charge in [-0.1, -0.05) is 42.8 Å². The number of nitriles is 2. The van der Waals surface area contributed by atoms with Gasteiger partial charge in [0.15, 0.2) is 0 Å². The van der Waals surface area contributed by atoms with Crippen LogP contribution < -0.4 is 0 Å². The Bertz CT molecular complexity index is 837. The van der Waals surface area contributed by atoms with Crippen LogP contribution in [0.15, 0.2) is 58.5 Å². The van der Waals surface area contributed by atoms with Crippen molar-refractivity contribution < 1.29 is 0 Å². The fraction of sp³-hybridized carbons (Fsp3) is 0.273. The Balaban J connectivity index is 1.92. The first-order chi connectivity index (χ1) is 12.8. The molecule has 3 rings (SSSR count). The summed E-state index contributed by atoms with van der Waals surface area (Å²) in [6.07, 6.45) is 8.65. The van der Waals surface area contributed by atoms with Crippen LogP contribution in [0.1, 0.15) is 54.4 Å². The van der Waals surface area contributed by atoms with Crippen LogP contribution in [0.5, 0.6) is 0 Å². The van der Waals surface area contributed by atoms with Crippen molar-refractivity contribution in [2.45, 2.75) is 37.8 Å². The van der Waals surface area contributed by atoms with Gasteiger partial charge in [-0.05, 0) is 37.8 Å². The molecule has 2 aromatic rings. The molecule has 0 saturated heterocycles. The second-order valence-corrected chi connectivity index (χ2v) is 6.46. The Labute approximate surface area is 154 Å². The summed E-state index contributed by atoms with van der Waals surface area (Å²) < 4.78 is 0. The van der Waals surface area contributed by atoms with Crippen molar-refractivity contribution in [1.29, 1.82) is 10.5 Å². The summed E-state index contributed by atoms with van der Waals surface area (Å²) in [5.74, 6) is 0. The SMILES string of the molecule is N#Cc1ccccc1C=NC1(/N=C\c2ccccc2C#N)CCCCC1. The molecule has 0 heterocycles. The highest BCUT2D eigenvalue weighted by Gasteiger charge is 2.29. The van der Waals surface area contributed by atoms with Crippen molar-refractivity contribution >= 4 is 12.4 Å². The van der Waals surface area contributed by atoms with Gasteiger partial charge in [0.05, 0.1) is 23.3 Å². The molecular weight excluding hydrogens is 320 g/mol. The summed E-state index contributed by atoms with van der Waals surface area (Å²) in [6.45, 7) is 0. The van der Waals surface area contributed by atoms with Gasteiger partial charge >= 0.3 is 0 Å². The summed E-state index contributed by atoms with van der Waals surface area (Å²) in [7, 11) is 0. The number of hydrogen-bond acceptors (Lipinski definition) is 4. The zero-order valence-corrected chi connectivity index (χ0v) is 14.6. The molecule has 1 saturated carbocycles. The van der Waals surface area contributed by atoms with Crippen LogP contribution in [-0.2, 0) is 0 Å². The van der Waals surface area contributed by atoms with Crippen molar-refractivity contribution in [3.05, 3.63) is 70.8 Å². The Morgan fingerprint density at radius 1 is 0.731 bits per heavy atom. The standard InChI is InChI=1S/C22H20N4/c23-14-18-8-2-4-10-20(18)16-25-22(12-6-1-7-13-22)26-17-21-11-5-3-9-19(21)15-24/h2-5,8-11,16-17H,1,6-7,12-13H2/b25-16-,26-17?. The average molecular weight is 340 g/mol. The maximum Gasteiger partial charge on any atom is 0.150 e. The van der Waals surface area contributed by atoms with E-state index in [0.29, 0.717) is 11.1 Å². The van der Waals surface area contributed by atoms with Crippen LogP contribution in [0.4, 0.5) is 0 Å². The number of benzene rings is 2. The van der Waals surface area contributed by atoms with Crippen molar-refractivity contribution in [2.24, 2.45) is 9.98 Å². The molecule has 4 nitrogen and oxygen atoms in total. The minimum atomic E-state index is -0.511. The summed E-state index contributed by atoms with van der Waals surface area (Å²) in [5.41, 5.74) is 2.34. The molecule has 0 aliphatic heterocycles. The van der Waals surface area contributed by atoms with Crippen molar-refractivity contribution in [1.82, 2.24) is 0 Å². The Kier molecular flexibility index (Phi) is 5.56. The number of rotatable bonds is 4. The lowest BCUT2D eigenvalue weighted by atomic mass is 9.89. The van der Waals surface area contributed by atoms with Crippen LogP contribution >= 0.6 is 0 Å². The van der Waals surface area contributed by atoms with E-state index < -0.39 is 5.66 Å². The average Bonchev–Trinajstić information content (AvgIpc) is 2.72. The third-order valence-corrected chi connectivity index (χ3v) is 4.70.